The molecule has 0 aromatic heterocycles. The van der Waals surface area contributed by atoms with Gasteiger partial charge >= 0.3 is 6.09 Å². The van der Waals surface area contributed by atoms with E-state index in [1.165, 1.54) is 7.05 Å². The third-order valence-corrected chi connectivity index (χ3v) is 6.81. The van der Waals surface area contributed by atoms with Gasteiger partial charge in [-0.1, -0.05) is 18.5 Å². The van der Waals surface area contributed by atoms with Crippen LogP contribution in [-0.4, -0.2) is 72.1 Å². The lowest BCUT2D eigenvalue weighted by molar-refractivity contribution is -0.131. The molecular formula is C25H36ClF2N5O4. The number of halogens is 3. The fourth-order valence-electron chi connectivity index (χ4n) is 4.67. The molecule has 2 heterocycles. The largest absolute Gasteiger partial charge is 0.487 e. The normalized spacial score (nSPS) is 20.6. The molecule has 12 heteroatoms. The first kappa shape index (κ1) is 28.8. The molecule has 0 aliphatic carbocycles. The Labute approximate surface area is 221 Å². The minimum atomic E-state index is -2.89. The fourth-order valence-corrected chi connectivity index (χ4v) is 4.93. The second-order valence-corrected chi connectivity index (χ2v) is 10.9. The molecular weight excluding hydrogens is 508 g/mol. The van der Waals surface area contributed by atoms with E-state index in [1.807, 2.05) is 6.92 Å². The van der Waals surface area contributed by atoms with Gasteiger partial charge in [-0.3, -0.25) is 9.69 Å². The van der Waals surface area contributed by atoms with Gasteiger partial charge in [-0.05, 0) is 51.3 Å². The van der Waals surface area contributed by atoms with E-state index < -0.39 is 29.9 Å². The molecule has 1 fully saturated rings. The van der Waals surface area contributed by atoms with E-state index in [1.54, 1.807) is 42.7 Å². The number of carbonyl (C=O) groups is 2. The molecule has 2 amide bonds. The van der Waals surface area contributed by atoms with Gasteiger partial charge in [0.2, 0.25) is 5.91 Å². The number of rotatable bonds is 7. The number of allylic oxidation sites excluding steroid dienone is 1. The summed E-state index contributed by atoms with van der Waals surface area (Å²) in [6.45, 7) is 7.93. The van der Waals surface area contributed by atoms with Crippen molar-refractivity contribution in [3.63, 3.8) is 0 Å². The Morgan fingerprint density at radius 1 is 1.30 bits per heavy atom. The summed E-state index contributed by atoms with van der Waals surface area (Å²) < 4.78 is 38.5. The molecule has 2 atom stereocenters. The molecule has 1 aromatic rings. The predicted octanol–water partition coefficient (Wildman–Crippen LogP) is 3.66. The van der Waals surface area contributed by atoms with Gasteiger partial charge in [0, 0.05) is 43.2 Å². The van der Waals surface area contributed by atoms with Crippen LogP contribution < -0.4 is 16.3 Å². The Balaban J connectivity index is 2.03. The van der Waals surface area contributed by atoms with Crippen LogP contribution in [0.4, 0.5) is 13.6 Å². The Hall–Kier alpha value is -2.79. The number of fused-ring (bicyclic) bond motifs is 1. The minimum absolute atomic E-state index is 0.000458. The van der Waals surface area contributed by atoms with Gasteiger partial charge in [0.25, 0.3) is 6.43 Å². The van der Waals surface area contributed by atoms with E-state index in [-0.39, 0.29) is 30.7 Å². The molecule has 37 heavy (non-hydrogen) atoms. The first-order valence-electron chi connectivity index (χ1n) is 12.2. The van der Waals surface area contributed by atoms with Gasteiger partial charge in [-0.15, -0.1) is 0 Å². The van der Waals surface area contributed by atoms with E-state index in [2.05, 4.69) is 0 Å². The van der Waals surface area contributed by atoms with Crippen LogP contribution in [-0.2, 0) is 16.0 Å². The third-order valence-electron chi connectivity index (χ3n) is 6.46. The lowest BCUT2D eigenvalue weighted by Gasteiger charge is -2.40. The quantitative estimate of drug-likeness (QED) is 0.398. The molecule has 1 saturated heterocycles. The number of ether oxygens (including phenoxy) is 2. The number of amides is 2. The number of carbonyl (C=O) groups excluding carboxylic acids is 2. The SMILES string of the molecule is C[C@@H]1CCN(C[C@@H]2c3c(OC/C(N)=C(\C(F)F)N(C)N)ccc(Cl)c3CCN2C(=O)OC(C)(C)C)C1=O. The third kappa shape index (κ3) is 6.56. The van der Waals surface area contributed by atoms with E-state index in [0.29, 0.717) is 42.3 Å². The van der Waals surface area contributed by atoms with Crippen LogP contribution in [0.15, 0.2) is 23.5 Å². The van der Waals surface area contributed by atoms with Crippen molar-refractivity contribution in [2.24, 2.45) is 17.5 Å². The average molecular weight is 544 g/mol. The van der Waals surface area contributed by atoms with Gasteiger partial charge in [0.05, 0.1) is 11.7 Å². The topological polar surface area (TPSA) is 114 Å². The van der Waals surface area contributed by atoms with Gasteiger partial charge in [-0.25, -0.2) is 19.4 Å². The zero-order valence-corrected chi connectivity index (χ0v) is 22.6. The zero-order valence-electron chi connectivity index (χ0n) is 21.9. The van der Waals surface area contributed by atoms with E-state index in [9.17, 15) is 18.4 Å². The predicted molar refractivity (Wildman–Crippen MR) is 136 cm³/mol. The monoisotopic (exact) mass is 543 g/mol. The Morgan fingerprint density at radius 2 is 1.97 bits per heavy atom. The summed E-state index contributed by atoms with van der Waals surface area (Å²) in [5, 5.41) is 1.24. The smallest absolute Gasteiger partial charge is 0.410 e. The number of hydrogen-bond acceptors (Lipinski definition) is 7. The summed E-state index contributed by atoms with van der Waals surface area (Å²) in [5.74, 6) is 5.74. The van der Waals surface area contributed by atoms with Crippen molar-refractivity contribution in [1.82, 2.24) is 14.8 Å². The standard InChI is InChI=1S/C25H36ClF2N5O4/c1-14-8-10-32(23(14)34)12-18-20-15(9-11-33(18)24(35)37-25(2,3)4)16(26)6-7-19(20)36-13-17(29)21(22(27)28)31(5)30/h6-7,14,18,22H,8-13,29-30H2,1-5H3/b21-17-/t14-,18-/m1/s1. The molecule has 2 aliphatic heterocycles. The molecule has 2 aliphatic rings. The molecule has 1 aromatic carbocycles. The Morgan fingerprint density at radius 3 is 2.51 bits per heavy atom. The van der Waals surface area contributed by atoms with Crippen molar-refractivity contribution in [2.45, 2.75) is 58.6 Å². The number of nitrogens with zero attached hydrogens (tertiary/aromatic N) is 3. The van der Waals surface area contributed by atoms with E-state index in [4.69, 9.17) is 32.7 Å². The highest BCUT2D eigenvalue weighted by molar-refractivity contribution is 6.31. The summed E-state index contributed by atoms with van der Waals surface area (Å²) in [6, 6.07) is 2.64. The van der Waals surface area contributed by atoms with Crippen LogP contribution in [0.5, 0.6) is 5.75 Å². The van der Waals surface area contributed by atoms with E-state index >= 15 is 0 Å². The van der Waals surface area contributed by atoms with Gasteiger partial charge in [-0.2, -0.15) is 0 Å². The van der Waals surface area contributed by atoms with Crippen molar-refractivity contribution < 1.29 is 27.8 Å². The number of hydrazine groups is 1. The zero-order chi connectivity index (χ0) is 27.7. The molecule has 0 bridgehead atoms. The lowest BCUT2D eigenvalue weighted by atomic mass is 9.91. The molecule has 206 valence electrons. The van der Waals surface area contributed by atoms with Gasteiger partial charge in [0.1, 0.15) is 23.7 Å². The second kappa shape index (κ2) is 11.3. The molecule has 0 unspecified atom stereocenters. The van der Waals surface area contributed by atoms with Crippen LogP contribution >= 0.6 is 11.6 Å². The van der Waals surface area contributed by atoms with Gasteiger partial charge in [0.15, 0.2) is 0 Å². The van der Waals surface area contributed by atoms with Crippen LogP contribution in [0.1, 0.15) is 51.3 Å². The first-order valence-corrected chi connectivity index (χ1v) is 12.6. The maximum Gasteiger partial charge on any atom is 0.410 e. The van der Waals surface area contributed by atoms with Gasteiger partial charge < -0.3 is 25.1 Å². The van der Waals surface area contributed by atoms with Crippen molar-refractivity contribution in [1.29, 1.82) is 0 Å². The summed E-state index contributed by atoms with van der Waals surface area (Å²) in [6.07, 6.45) is -2.28. The second-order valence-electron chi connectivity index (χ2n) is 10.5. The maximum absolute atomic E-state index is 13.5. The number of benzene rings is 1. The van der Waals surface area contributed by atoms with Crippen molar-refractivity contribution >= 4 is 23.6 Å². The molecule has 0 saturated carbocycles. The Bertz CT molecular complexity index is 1050. The van der Waals surface area contributed by atoms with Crippen LogP contribution in [0, 0.1) is 5.92 Å². The number of hydrogen-bond donors (Lipinski definition) is 2. The lowest BCUT2D eigenvalue weighted by Crippen LogP contribution is -2.47. The molecule has 0 spiro atoms. The Kier molecular flexibility index (Phi) is 8.79. The van der Waals surface area contributed by atoms with Crippen LogP contribution in [0.2, 0.25) is 5.02 Å². The highest BCUT2D eigenvalue weighted by Gasteiger charge is 2.40. The van der Waals surface area contributed by atoms with Crippen molar-refractivity contribution in [2.75, 3.05) is 33.3 Å². The molecule has 3 rings (SSSR count). The summed E-state index contributed by atoms with van der Waals surface area (Å²) >= 11 is 6.55. The average Bonchev–Trinajstić information content (AvgIpc) is 3.09. The number of alkyl halides is 2. The molecule has 4 N–H and O–H groups in total. The number of likely N-dealkylation sites (tertiary alicyclic amines) is 1. The van der Waals surface area contributed by atoms with Crippen molar-refractivity contribution in [3.05, 3.63) is 39.7 Å². The van der Waals surface area contributed by atoms with Crippen molar-refractivity contribution in [3.8, 4) is 5.75 Å². The highest BCUT2D eigenvalue weighted by atomic mass is 35.5. The molecule has 9 nitrogen and oxygen atoms in total. The summed E-state index contributed by atoms with van der Waals surface area (Å²) in [7, 11) is 1.27. The number of nitrogens with two attached hydrogens (primary N) is 2. The first-order chi connectivity index (χ1) is 17.2. The highest BCUT2D eigenvalue weighted by Crippen LogP contribution is 2.42. The van der Waals surface area contributed by atoms with Crippen LogP contribution in [0.3, 0.4) is 0 Å². The maximum atomic E-state index is 13.5. The van der Waals surface area contributed by atoms with E-state index in [0.717, 1.165) is 10.6 Å². The van der Waals surface area contributed by atoms with Crippen LogP contribution in [0.25, 0.3) is 0 Å². The minimum Gasteiger partial charge on any atom is -0.487 e. The summed E-state index contributed by atoms with van der Waals surface area (Å²) in [5.41, 5.74) is 5.76. The fraction of sp³-hybridized carbons (Fsp3) is 0.600. The molecule has 0 radical (unpaired) electrons. The summed E-state index contributed by atoms with van der Waals surface area (Å²) in [4.78, 5) is 29.3.